The lowest BCUT2D eigenvalue weighted by Gasteiger charge is -2.28. The summed E-state index contributed by atoms with van der Waals surface area (Å²) in [5.41, 5.74) is 7.78. The summed E-state index contributed by atoms with van der Waals surface area (Å²) in [6.07, 6.45) is 0.942. The summed E-state index contributed by atoms with van der Waals surface area (Å²) in [5.74, 6) is 1.80. The molecule has 60 heavy (non-hydrogen) atoms. The molecule has 6 aromatic rings. The van der Waals surface area contributed by atoms with Gasteiger partial charge in [0.05, 0.1) is 27.9 Å². The minimum absolute atomic E-state index is 0.0252. The second-order valence-electron chi connectivity index (χ2n) is 17.6. The van der Waals surface area contributed by atoms with E-state index in [-0.39, 0.29) is 34.2 Å². The van der Waals surface area contributed by atoms with E-state index in [1.807, 2.05) is 24.3 Å². The molecule has 0 N–H and O–H groups in total. The lowest BCUT2D eigenvalue weighted by molar-refractivity contribution is 0.0608. The van der Waals surface area contributed by atoms with E-state index >= 15 is 0 Å². The van der Waals surface area contributed by atoms with Gasteiger partial charge in [-0.3, -0.25) is 24.1 Å². The average Bonchev–Trinajstić information content (AvgIpc) is 3.73. The highest BCUT2D eigenvalue weighted by molar-refractivity contribution is 6.34. The summed E-state index contributed by atoms with van der Waals surface area (Å²) in [6, 6.07) is 39.8. The molecule has 2 aliphatic heterocycles. The highest BCUT2D eigenvalue weighted by Gasteiger charge is 2.46. The number of ether oxygens (including phenoxy) is 2. The van der Waals surface area contributed by atoms with Crippen molar-refractivity contribution in [2.24, 2.45) is 0 Å². The van der Waals surface area contributed by atoms with E-state index in [0.29, 0.717) is 50.9 Å². The van der Waals surface area contributed by atoms with Crippen LogP contribution in [0.3, 0.4) is 0 Å². The van der Waals surface area contributed by atoms with Crippen LogP contribution in [0.2, 0.25) is 0 Å². The van der Waals surface area contributed by atoms with Gasteiger partial charge < -0.3 is 9.47 Å². The molecular weight excluding hydrogens is 749 g/mol. The van der Waals surface area contributed by atoms with Gasteiger partial charge in [-0.25, -0.2) is 4.90 Å². The number of hydrogen-bond donors (Lipinski definition) is 0. The Morgan fingerprint density at radius 3 is 1.57 bits per heavy atom. The van der Waals surface area contributed by atoms with E-state index in [1.54, 1.807) is 74.5 Å². The van der Waals surface area contributed by atoms with Crippen molar-refractivity contribution in [3.63, 3.8) is 0 Å². The summed E-state index contributed by atoms with van der Waals surface area (Å²) in [5, 5.41) is 0. The van der Waals surface area contributed by atoms with Crippen molar-refractivity contribution >= 4 is 29.3 Å². The van der Waals surface area contributed by atoms with Crippen LogP contribution in [0, 0.1) is 0 Å². The van der Waals surface area contributed by atoms with Gasteiger partial charge in [0.25, 0.3) is 23.6 Å². The molecule has 6 aromatic carbocycles. The number of fused-ring (bicyclic) bond motifs is 3. The largest absolute Gasteiger partial charge is 0.457 e. The van der Waals surface area contributed by atoms with Crippen LogP contribution in [0.4, 0.5) is 5.69 Å². The number of anilines is 1. The van der Waals surface area contributed by atoms with Gasteiger partial charge in [-0.15, -0.1) is 0 Å². The van der Waals surface area contributed by atoms with E-state index in [1.165, 1.54) is 32.1 Å². The number of nitrogens with zero attached hydrogens (tertiary/aromatic N) is 2. The summed E-state index contributed by atoms with van der Waals surface area (Å²) < 4.78 is 12.6. The topological polar surface area (TPSA) is 93.2 Å². The Balaban J connectivity index is 0.897. The molecule has 9 rings (SSSR count). The van der Waals surface area contributed by atoms with E-state index < -0.39 is 11.8 Å². The van der Waals surface area contributed by atoms with Crippen LogP contribution in [-0.2, 0) is 10.8 Å². The lowest BCUT2D eigenvalue weighted by Crippen LogP contribution is -2.35. The second kappa shape index (κ2) is 14.2. The van der Waals surface area contributed by atoms with Gasteiger partial charge in [-0.1, -0.05) is 77.1 Å². The Morgan fingerprint density at radius 1 is 0.500 bits per heavy atom. The fraction of sp³-hybridized carbons (Fsp3) is 0.231. The quantitative estimate of drug-likeness (QED) is 0.135. The molecule has 0 fully saturated rings. The van der Waals surface area contributed by atoms with Crippen LogP contribution >= 0.6 is 0 Å². The van der Waals surface area contributed by atoms with Crippen LogP contribution in [0.15, 0.2) is 127 Å². The SMILES string of the molecule is CC(C)c1ccc(Oc2ccc3c(c2)C(C)(c2ccc(Oc4ccc(N5C(=O)c6ccc(-c7ccc8c(c7)C(=O)N(C(C)C)C8=O)cc6C5=O)cc4)cc2)CC3(C)C)cc1. The van der Waals surface area contributed by atoms with E-state index in [9.17, 15) is 19.2 Å². The molecule has 8 nitrogen and oxygen atoms in total. The number of imide groups is 2. The molecule has 0 bridgehead atoms. The molecule has 1 aliphatic carbocycles. The van der Waals surface area contributed by atoms with Crippen LogP contribution < -0.4 is 14.4 Å². The van der Waals surface area contributed by atoms with E-state index in [0.717, 1.165) is 17.9 Å². The first-order chi connectivity index (χ1) is 28.6. The Kier molecular flexibility index (Phi) is 9.15. The average molecular weight is 795 g/mol. The summed E-state index contributed by atoms with van der Waals surface area (Å²) in [4.78, 5) is 55.6. The molecule has 1 atom stereocenters. The number of rotatable bonds is 9. The smallest absolute Gasteiger partial charge is 0.266 e. The molecule has 0 radical (unpaired) electrons. The fourth-order valence-corrected chi connectivity index (χ4v) is 9.28. The highest BCUT2D eigenvalue weighted by Crippen LogP contribution is 2.54. The summed E-state index contributed by atoms with van der Waals surface area (Å²) in [6.45, 7) is 14.9. The van der Waals surface area contributed by atoms with Crippen LogP contribution in [0.25, 0.3) is 11.1 Å². The first-order valence-corrected chi connectivity index (χ1v) is 20.5. The molecule has 3 aliphatic rings. The molecule has 0 aromatic heterocycles. The zero-order valence-corrected chi connectivity index (χ0v) is 34.8. The molecule has 0 saturated carbocycles. The summed E-state index contributed by atoms with van der Waals surface area (Å²) in [7, 11) is 0. The number of benzene rings is 6. The molecule has 0 saturated heterocycles. The van der Waals surface area contributed by atoms with Crippen molar-refractivity contribution in [3.05, 3.63) is 172 Å². The van der Waals surface area contributed by atoms with Gasteiger partial charge in [-0.05, 0) is 150 Å². The van der Waals surface area contributed by atoms with Gasteiger partial charge in [-0.2, -0.15) is 0 Å². The highest BCUT2D eigenvalue weighted by atomic mass is 16.5. The monoisotopic (exact) mass is 794 g/mol. The van der Waals surface area contributed by atoms with Gasteiger partial charge in [0.2, 0.25) is 0 Å². The standard InChI is InChI=1S/C52H46N2O6/c1-30(2)32-8-16-37(17-9-32)60-40-22-25-45-46(28-40)52(7,29-51(45,5)6)35-12-18-38(19-13-35)59-39-20-14-36(15-21-39)54-48(56)42-24-11-34(27-44(42)50(54)58)33-10-23-41-43(26-33)49(57)53(31(3)4)47(41)55/h8-28,30-31H,29H2,1-7H3. The zero-order valence-electron chi connectivity index (χ0n) is 34.8. The van der Waals surface area contributed by atoms with Crippen molar-refractivity contribution < 1.29 is 28.7 Å². The first-order valence-electron chi connectivity index (χ1n) is 20.5. The maximum absolute atomic E-state index is 13.7. The summed E-state index contributed by atoms with van der Waals surface area (Å²) >= 11 is 0. The van der Waals surface area contributed by atoms with E-state index in [2.05, 4.69) is 77.1 Å². The number of carbonyl (C=O) groups excluding carboxylic acids is 4. The predicted octanol–water partition coefficient (Wildman–Crippen LogP) is 11.9. The maximum atomic E-state index is 13.7. The van der Waals surface area contributed by atoms with Crippen molar-refractivity contribution in [1.29, 1.82) is 0 Å². The van der Waals surface area contributed by atoms with Gasteiger partial charge in [0.15, 0.2) is 0 Å². The van der Waals surface area contributed by atoms with Crippen molar-refractivity contribution in [2.45, 2.75) is 77.7 Å². The number of amides is 4. The Labute approximate surface area is 350 Å². The Hall–Kier alpha value is -6.80. The molecular formula is C52H46N2O6. The first kappa shape index (κ1) is 38.7. The van der Waals surface area contributed by atoms with Gasteiger partial charge in [0, 0.05) is 11.5 Å². The van der Waals surface area contributed by atoms with Crippen LogP contribution in [0.1, 0.15) is 124 Å². The third kappa shape index (κ3) is 6.38. The predicted molar refractivity (Wildman–Crippen MR) is 233 cm³/mol. The zero-order chi connectivity index (χ0) is 42.2. The van der Waals surface area contributed by atoms with Crippen LogP contribution in [0.5, 0.6) is 23.0 Å². The minimum atomic E-state index is -0.441. The van der Waals surface area contributed by atoms with Crippen LogP contribution in [-0.4, -0.2) is 34.6 Å². The molecule has 8 heteroatoms. The third-order valence-electron chi connectivity index (χ3n) is 12.4. The van der Waals surface area contributed by atoms with Crippen molar-refractivity contribution in [2.75, 3.05) is 4.90 Å². The molecule has 1 unspecified atom stereocenters. The number of carbonyl (C=O) groups is 4. The second-order valence-corrected chi connectivity index (χ2v) is 17.6. The van der Waals surface area contributed by atoms with Gasteiger partial charge in [0.1, 0.15) is 23.0 Å². The lowest BCUT2D eigenvalue weighted by atomic mass is 9.75. The Morgan fingerprint density at radius 2 is 0.983 bits per heavy atom. The Bertz CT molecular complexity index is 2750. The molecule has 4 amide bonds. The van der Waals surface area contributed by atoms with E-state index in [4.69, 9.17) is 9.47 Å². The van der Waals surface area contributed by atoms with Crippen molar-refractivity contribution in [3.8, 4) is 34.1 Å². The van der Waals surface area contributed by atoms with Crippen molar-refractivity contribution in [1.82, 2.24) is 4.90 Å². The number of hydrogen-bond acceptors (Lipinski definition) is 6. The maximum Gasteiger partial charge on any atom is 0.266 e. The normalized spacial score (nSPS) is 17.8. The van der Waals surface area contributed by atoms with Gasteiger partial charge >= 0.3 is 0 Å². The molecule has 300 valence electrons. The molecule has 0 spiro atoms. The fourth-order valence-electron chi connectivity index (χ4n) is 9.28. The minimum Gasteiger partial charge on any atom is -0.457 e. The molecule has 2 heterocycles. The third-order valence-corrected chi connectivity index (χ3v) is 12.4.